The first-order valence-electron chi connectivity index (χ1n) is 6.85. The van der Waals surface area contributed by atoms with E-state index in [1.165, 1.54) is 25.0 Å². The fourth-order valence-electron chi connectivity index (χ4n) is 3.54. The van der Waals surface area contributed by atoms with E-state index in [0.29, 0.717) is 6.04 Å². The van der Waals surface area contributed by atoms with Crippen molar-refractivity contribution >= 4 is 11.8 Å². The summed E-state index contributed by atoms with van der Waals surface area (Å²) in [6.07, 6.45) is 5.53. The van der Waals surface area contributed by atoms with Gasteiger partial charge in [-0.2, -0.15) is 11.8 Å². The normalized spacial score (nSPS) is 46.1. The molecule has 1 saturated carbocycles. The lowest BCUT2D eigenvalue weighted by molar-refractivity contribution is -0.0520. The molecule has 3 fully saturated rings. The highest BCUT2D eigenvalue weighted by molar-refractivity contribution is 8.00. The molecule has 0 bridgehead atoms. The molecule has 0 aromatic heterocycles. The molecule has 2 unspecified atom stereocenters. The van der Waals surface area contributed by atoms with Crippen LogP contribution in [0.2, 0.25) is 0 Å². The second kappa shape index (κ2) is 5.47. The Morgan fingerprint density at radius 2 is 2.24 bits per heavy atom. The summed E-state index contributed by atoms with van der Waals surface area (Å²) < 4.78 is 11.0. The Kier molecular flexibility index (Phi) is 3.95. The van der Waals surface area contributed by atoms with Crippen molar-refractivity contribution in [3.63, 3.8) is 0 Å². The van der Waals surface area contributed by atoms with Crippen LogP contribution in [-0.4, -0.2) is 49.5 Å². The van der Waals surface area contributed by atoms with Crippen LogP contribution in [0.5, 0.6) is 0 Å². The quantitative estimate of drug-likeness (QED) is 0.833. The molecule has 3 aliphatic rings. The fraction of sp³-hybridized carbons (Fsp3) is 1.00. The maximum absolute atomic E-state index is 5.52. The summed E-state index contributed by atoms with van der Waals surface area (Å²) in [6.45, 7) is 1.63. The van der Waals surface area contributed by atoms with Crippen molar-refractivity contribution in [3.8, 4) is 0 Å². The van der Waals surface area contributed by atoms with Gasteiger partial charge in [0.1, 0.15) is 0 Å². The smallest absolute Gasteiger partial charge is 0.0958 e. The molecule has 1 aliphatic carbocycles. The number of fused-ring (bicyclic) bond motifs is 1. The lowest BCUT2D eigenvalue weighted by Gasteiger charge is -2.33. The van der Waals surface area contributed by atoms with Crippen LogP contribution in [0, 0.1) is 5.92 Å². The lowest BCUT2D eigenvalue weighted by atomic mass is 10.0. The maximum Gasteiger partial charge on any atom is 0.0958 e. The predicted octanol–water partition coefficient (Wildman–Crippen LogP) is 1.66. The van der Waals surface area contributed by atoms with E-state index in [4.69, 9.17) is 9.47 Å². The van der Waals surface area contributed by atoms with Crippen LogP contribution >= 0.6 is 11.8 Å². The summed E-state index contributed by atoms with van der Waals surface area (Å²) in [6, 6.07) is 1.22. The molecule has 0 aromatic rings. The Morgan fingerprint density at radius 1 is 1.29 bits per heavy atom. The Morgan fingerprint density at radius 3 is 3.06 bits per heavy atom. The largest absolute Gasteiger partial charge is 0.379 e. The third-order valence-electron chi connectivity index (χ3n) is 4.51. The summed E-state index contributed by atoms with van der Waals surface area (Å²) in [4.78, 5) is 0. The Hall–Kier alpha value is 0.230. The van der Waals surface area contributed by atoms with Crippen LogP contribution in [-0.2, 0) is 9.47 Å². The molecule has 1 N–H and O–H groups in total. The Balaban J connectivity index is 1.52. The van der Waals surface area contributed by atoms with E-state index in [2.05, 4.69) is 17.1 Å². The topological polar surface area (TPSA) is 30.5 Å². The second-order valence-corrected chi connectivity index (χ2v) is 6.88. The van der Waals surface area contributed by atoms with Crippen molar-refractivity contribution in [1.29, 1.82) is 0 Å². The van der Waals surface area contributed by atoms with E-state index in [1.807, 2.05) is 0 Å². The van der Waals surface area contributed by atoms with Crippen molar-refractivity contribution in [2.24, 2.45) is 5.92 Å². The van der Waals surface area contributed by atoms with Crippen molar-refractivity contribution in [2.45, 2.75) is 49.1 Å². The van der Waals surface area contributed by atoms with Crippen LogP contribution in [0.25, 0.3) is 0 Å². The minimum atomic E-state index is 0.247. The number of nitrogens with one attached hydrogen (secondary N) is 1. The first-order valence-corrected chi connectivity index (χ1v) is 7.90. The Labute approximate surface area is 108 Å². The van der Waals surface area contributed by atoms with Crippen LogP contribution in [0.4, 0.5) is 0 Å². The molecule has 98 valence electrons. The molecule has 4 heteroatoms. The number of methoxy groups -OCH3 is 1. The highest BCUT2D eigenvalue weighted by atomic mass is 32.2. The van der Waals surface area contributed by atoms with Gasteiger partial charge in [0.25, 0.3) is 0 Å². The monoisotopic (exact) mass is 257 g/mol. The molecule has 17 heavy (non-hydrogen) atoms. The molecule has 0 amide bonds. The van der Waals surface area contributed by atoms with E-state index in [0.717, 1.165) is 36.8 Å². The molecule has 5 atom stereocenters. The highest BCUT2D eigenvalue weighted by Crippen LogP contribution is 2.43. The molecular formula is C13H23NO2S. The van der Waals surface area contributed by atoms with Crippen LogP contribution in [0.1, 0.15) is 25.7 Å². The molecule has 0 spiro atoms. The van der Waals surface area contributed by atoms with E-state index in [9.17, 15) is 0 Å². The zero-order valence-electron chi connectivity index (χ0n) is 10.6. The lowest BCUT2D eigenvalue weighted by Crippen LogP contribution is -2.50. The average molecular weight is 257 g/mol. The Bertz CT molecular complexity index is 252. The van der Waals surface area contributed by atoms with Gasteiger partial charge >= 0.3 is 0 Å². The van der Waals surface area contributed by atoms with Gasteiger partial charge in [-0.25, -0.2) is 0 Å². The standard InChI is InChI=1S/C13H23NO2S/c1-15-12-8-16-4-2-11(12)14-10-6-9-3-5-17-13(9)7-10/h9-14H,2-8H2,1H3/t9-,10-,11?,12?,13+/m0/s1. The maximum atomic E-state index is 5.52. The van der Waals surface area contributed by atoms with Crippen LogP contribution in [0.15, 0.2) is 0 Å². The van der Waals surface area contributed by atoms with E-state index in [-0.39, 0.29) is 6.10 Å². The first kappa shape index (κ1) is 12.3. The van der Waals surface area contributed by atoms with Gasteiger partial charge in [-0.15, -0.1) is 0 Å². The SMILES string of the molecule is COC1COCCC1N[C@H]1C[C@@H]2CCS[C@@H]2C1. The van der Waals surface area contributed by atoms with E-state index >= 15 is 0 Å². The molecule has 2 heterocycles. The van der Waals surface area contributed by atoms with Gasteiger partial charge in [-0.05, 0) is 37.4 Å². The first-order chi connectivity index (χ1) is 8.36. The predicted molar refractivity (Wildman–Crippen MR) is 70.5 cm³/mol. The minimum absolute atomic E-state index is 0.247. The minimum Gasteiger partial charge on any atom is -0.379 e. The van der Waals surface area contributed by atoms with Gasteiger partial charge in [-0.3, -0.25) is 0 Å². The van der Waals surface area contributed by atoms with Crippen molar-refractivity contribution in [3.05, 3.63) is 0 Å². The van der Waals surface area contributed by atoms with Crippen molar-refractivity contribution < 1.29 is 9.47 Å². The number of rotatable bonds is 3. The van der Waals surface area contributed by atoms with Gasteiger partial charge in [0, 0.05) is 31.1 Å². The molecule has 0 aromatic carbocycles. The average Bonchev–Trinajstić information content (AvgIpc) is 2.90. The van der Waals surface area contributed by atoms with Crippen LogP contribution < -0.4 is 5.32 Å². The third-order valence-corrected chi connectivity index (χ3v) is 5.98. The van der Waals surface area contributed by atoms with Gasteiger partial charge in [0.05, 0.1) is 12.7 Å². The number of ether oxygens (including phenoxy) is 2. The summed E-state index contributed by atoms with van der Waals surface area (Å²) in [7, 11) is 1.80. The van der Waals surface area contributed by atoms with Gasteiger partial charge in [0.15, 0.2) is 0 Å². The summed E-state index contributed by atoms with van der Waals surface area (Å²) in [5.41, 5.74) is 0. The van der Waals surface area contributed by atoms with E-state index in [1.54, 1.807) is 7.11 Å². The molecule has 2 saturated heterocycles. The zero-order valence-corrected chi connectivity index (χ0v) is 11.4. The number of hydrogen-bond donors (Lipinski definition) is 1. The fourth-order valence-corrected chi connectivity index (χ4v) is 5.17. The second-order valence-electron chi connectivity index (χ2n) is 5.54. The van der Waals surface area contributed by atoms with Crippen LogP contribution in [0.3, 0.4) is 0 Å². The molecular weight excluding hydrogens is 234 g/mol. The summed E-state index contributed by atoms with van der Waals surface area (Å²) >= 11 is 2.19. The number of hydrogen-bond acceptors (Lipinski definition) is 4. The van der Waals surface area contributed by atoms with Crippen molar-refractivity contribution in [1.82, 2.24) is 5.32 Å². The van der Waals surface area contributed by atoms with Gasteiger partial charge in [0.2, 0.25) is 0 Å². The zero-order chi connectivity index (χ0) is 11.7. The van der Waals surface area contributed by atoms with Gasteiger partial charge < -0.3 is 14.8 Å². The third kappa shape index (κ3) is 2.65. The molecule has 0 radical (unpaired) electrons. The number of thioether (sulfide) groups is 1. The summed E-state index contributed by atoms with van der Waals surface area (Å²) in [5.74, 6) is 2.37. The van der Waals surface area contributed by atoms with Crippen molar-refractivity contribution in [2.75, 3.05) is 26.1 Å². The van der Waals surface area contributed by atoms with E-state index < -0.39 is 0 Å². The highest BCUT2D eigenvalue weighted by Gasteiger charge is 2.39. The molecule has 3 nitrogen and oxygen atoms in total. The summed E-state index contributed by atoms with van der Waals surface area (Å²) in [5, 5.41) is 4.77. The molecule has 2 aliphatic heterocycles. The molecule has 3 rings (SSSR count). The van der Waals surface area contributed by atoms with Gasteiger partial charge in [-0.1, -0.05) is 0 Å².